The lowest BCUT2D eigenvalue weighted by Gasteiger charge is -2.08. The van der Waals surface area contributed by atoms with Gasteiger partial charge in [-0.2, -0.15) is 5.10 Å². The van der Waals surface area contributed by atoms with E-state index in [1.165, 1.54) is 0 Å². The molecule has 5 heteroatoms. The van der Waals surface area contributed by atoms with Gasteiger partial charge in [0.05, 0.1) is 17.3 Å². The van der Waals surface area contributed by atoms with Crippen molar-refractivity contribution < 1.29 is 4.79 Å². The van der Waals surface area contributed by atoms with Crippen LogP contribution in [0.2, 0.25) is 0 Å². The van der Waals surface area contributed by atoms with E-state index in [9.17, 15) is 4.79 Å². The van der Waals surface area contributed by atoms with Crippen LogP contribution in [-0.2, 0) is 6.42 Å². The zero-order chi connectivity index (χ0) is 16.9. The summed E-state index contributed by atoms with van der Waals surface area (Å²) in [5, 5.41) is 6.95. The number of fused-ring (bicyclic) bond motifs is 1. The lowest BCUT2D eigenvalue weighted by Crippen LogP contribution is -2.18. The molecule has 0 fully saturated rings. The lowest BCUT2D eigenvalue weighted by atomic mass is 10.1. The normalized spacial score (nSPS) is 11.2. The molecule has 0 unspecified atom stereocenters. The minimum absolute atomic E-state index is 0.212. The summed E-state index contributed by atoms with van der Waals surface area (Å²) in [6.45, 7) is 4.12. The number of aryl methyl sites for hydroxylation is 2. The van der Waals surface area contributed by atoms with Gasteiger partial charge in [0.1, 0.15) is 0 Å². The number of rotatable bonds is 5. The fourth-order valence-electron chi connectivity index (χ4n) is 2.53. The van der Waals surface area contributed by atoms with Crippen LogP contribution in [0.3, 0.4) is 0 Å². The Morgan fingerprint density at radius 2 is 2.17 bits per heavy atom. The van der Waals surface area contributed by atoms with E-state index in [1.807, 2.05) is 48.7 Å². The molecule has 3 rings (SSSR count). The molecular weight excluding hydrogens is 318 g/mol. The molecule has 3 aromatic rings. The van der Waals surface area contributed by atoms with Crippen molar-refractivity contribution in [2.45, 2.75) is 26.7 Å². The predicted octanol–water partition coefficient (Wildman–Crippen LogP) is 4.32. The lowest BCUT2D eigenvalue weighted by molar-refractivity contribution is 0.0956. The summed E-state index contributed by atoms with van der Waals surface area (Å²) >= 11 is 1.60. The molecule has 0 radical (unpaired) electrons. The number of carbonyl (C=O) groups is 1. The topological polar surface area (TPSA) is 54.4 Å². The van der Waals surface area contributed by atoms with Crippen LogP contribution < -0.4 is 5.43 Å². The number of hydrogen-bond donors (Lipinski definition) is 1. The summed E-state index contributed by atoms with van der Waals surface area (Å²) in [5.41, 5.74) is 6.17. The minimum atomic E-state index is -0.212. The molecule has 0 atom stereocenters. The van der Waals surface area contributed by atoms with Gasteiger partial charge in [0.25, 0.3) is 5.91 Å². The van der Waals surface area contributed by atoms with Gasteiger partial charge in [-0.15, -0.1) is 11.3 Å². The van der Waals surface area contributed by atoms with Crippen molar-refractivity contribution in [1.29, 1.82) is 0 Å². The maximum absolute atomic E-state index is 12.6. The van der Waals surface area contributed by atoms with Crippen molar-refractivity contribution in [2.75, 3.05) is 0 Å². The smallest absolute Gasteiger partial charge is 0.267 e. The van der Waals surface area contributed by atoms with Crippen molar-refractivity contribution in [2.24, 2.45) is 5.10 Å². The van der Waals surface area contributed by atoms with E-state index in [4.69, 9.17) is 0 Å². The molecule has 1 N–H and O–H groups in total. The van der Waals surface area contributed by atoms with Crippen LogP contribution in [-0.4, -0.2) is 17.1 Å². The molecule has 122 valence electrons. The Labute approximate surface area is 145 Å². The number of benzene rings is 1. The molecule has 4 nitrogen and oxygen atoms in total. The summed E-state index contributed by atoms with van der Waals surface area (Å²) in [6, 6.07) is 11.6. The maximum atomic E-state index is 12.6. The quantitative estimate of drug-likeness (QED) is 0.557. The van der Waals surface area contributed by atoms with Gasteiger partial charge in [0.15, 0.2) is 0 Å². The SMILES string of the molecule is CCCc1cc(C(=O)NN=Cc2sccc2C)c2ccccc2n1. The van der Waals surface area contributed by atoms with Crippen LogP contribution in [0.15, 0.2) is 46.9 Å². The van der Waals surface area contributed by atoms with E-state index in [2.05, 4.69) is 22.4 Å². The van der Waals surface area contributed by atoms with E-state index in [0.29, 0.717) is 5.56 Å². The van der Waals surface area contributed by atoms with Crippen LogP contribution >= 0.6 is 11.3 Å². The summed E-state index contributed by atoms with van der Waals surface area (Å²) < 4.78 is 0. The van der Waals surface area contributed by atoms with Gasteiger partial charge in [-0.05, 0) is 42.5 Å². The van der Waals surface area contributed by atoms with Crippen molar-refractivity contribution >= 4 is 34.4 Å². The predicted molar refractivity (Wildman–Crippen MR) is 99.9 cm³/mol. The van der Waals surface area contributed by atoms with Crippen LogP contribution in [0.1, 0.15) is 39.8 Å². The minimum Gasteiger partial charge on any atom is -0.267 e. The van der Waals surface area contributed by atoms with Crippen molar-refractivity contribution in [3.8, 4) is 0 Å². The number of nitrogens with zero attached hydrogens (tertiary/aromatic N) is 2. The summed E-state index contributed by atoms with van der Waals surface area (Å²) in [7, 11) is 0. The maximum Gasteiger partial charge on any atom is 0.272 e. The van der Waals surface area contributed by atoms with Gasteiger partial charge >= 0.3 is 0 Å². The molecule has 0 aliphatic heterocycles. The standard InChI is InChI=1S/C19H19N3OS/c1-3-6-14-11-16(15-7-4-5-8-17(15)21-14)19(23)22-20-12-18-13(2)9-10-24-18/h4-5,7-12H,3,6H2,1-2H3,(H,22,23). The molecule has 0 saturated heterocycles. The Hall–Kier alpha value is -2.53. The van der Waals surface area contributed by atoms with E-state index < -0.39 is 0 Å². The fraction of sp³-hybridized carbons (Fsp3) is 0.211. The van der Waals surface area contributed by atoms with Crippen LogP contribution in [0.5, 0.6) is 0 Å². The average Bonchev–Trinajstić information content (AvgIpc) is 2.99. The molecule has 2 heterocycles. The molecule has 24 heavy (non-hydrogen) atoms. The van der Waals surface area contributed by atoms with Crippen molar-refractivity contribution in [1.82, 2.24) is 10.4 Å². The number of hydrogen-bond acceptors (Lipinski definition) is 4. The number of hydrazone groups is 1. The number of amides is 1. The molecule has 0 spiro atoms. The molecule has 0 saturated carbocycles. The van der Waals surface area contributed by atoms with Crippen LogP contribution in [0, 0.1) is 6.92 Å². The first kappa shape index (κ1) is 16.3. The summed E-state index contributed by atoms with van der Waals surface area (Å²) in [4.78, 5) is 18.2. The fourth-order valence-corrected chi connectivity index (χ4v) is 3.32. The van der Waals surface area contributed by atoms with Gasteiger partial charge in [0.2, 0.25) is 0 Å². The number of aromatic nitrogens is 1. The number of carbonyl (C=O) groups excluding carboxylic acids is 1. The Morgan fingerprint density at radius 1 is 1.33 bits per heavy atom. The Kier molecular flexibility index (Phi) is 5.01. The van der Waals surface area contributed by atoms with Crippen molar-refractivity contribution in [3.05, 3.63) is 63.5 Å². The van der Waals surface area contributed by atoms with Gasteiger partial charge in [0, 0.05) is 16.0 Å². The highest BCUT2D eigenvalue weighted by molar-refractivity contribution is 7.11. The Bertz CT molecular complexity index is 899. The zero-order valence-corrected chi connectivity index (χ0v) is 14.6. The number of pyridine rings is 1. The summed E-state index contributed by atoms with van der Waals surface area (Å²) in [6.07, 6.45) is 3.53. The number of thiophene rings is 1. The second-order valence-corrected chi connectivity index (χ2v) is 6.54. The first-order valence-electron chi connectivity index (χ1n) is 7.95. The molecule has 0 aliphatic rings. The van der Waals surface area contributed by atoms with Crippen LogP contribution in [0.25, 0.3) is 10.9 Å². The molecule has 1 amide bonds. The Balaban J connectivity index is 1.88. The van der Waals surface area contributed by atoms with Gasteiger partial charge in [-0.3, -0.25) is 9.78 Å². The third-order valence-electron chi connectivity index (χ3n) is 3.77. The molecule has 0 bridgehead atoms. The monoisotopic (exact) mass is 337 g/mol. The zero-order valence-electron chi connectivity index (χ0n) is 13.7. The highest BCUT2D eigenvalue weighted by Gasteiger charge is 2.12. The van der Waals surface area contributed by atoms with E-state index in [1.54, 1.807) is 17.6 Å². The Morgan fingerprint density at radius 3 is 2.92 bits per heavy atom. The number of para-hydroxylation sites is 1. The third kappa shape index (κ3) is 3.51. The molecule has 1 aromatic carbocycles. The van der Waals surface area contributed by atoms with E-state index in [-0.39, 0.29) is 5.91 Å². The average molecular weight is 337 g/mol. The second-order valence-electron chi connectivity index (χ2n) is 5.60. The third-order valence-corrected chi connectivity index (χ3v) is 4.72. The van der Waals surface area contributed by atoms with Gasteiger partial charge in [-0.25, -0.2) is 5.43 Å². The first-order chi connectivity index (χ1) is 11.7. The first-order valence-corrected chi connectivity index (χ1v) is 8.83. The number of nitrogens with one attached hydrogen (secondary N) is 1. The van der Waals surface area contributed by atoms with Crippen LogP contribution in [0.4, 0.5) is 0 Å². The molecule has 0 aliphatic carbocycles. The second kappa shape index (κ2) is 7.36. The van der Waals surface area contributed by atoms with Gasteiger partial charge in [-0.1, -0.05) is 31.5 Å². The highest BCUT2D eigenvalue weighted by Crippen LogP contribution is 2.19. The summed E-state index contributed by atoms with van der Waals surface area (Å²) in [5.74, 6) is -0.212. The largest absolute Gasteiger partial charge is 0.272 e. The van der Waals surface area contributed by atoms with E-state index >= 15 is 0 Å². The highest BCUT2D eigenvalue weighted by atomic mass is 32.1. The van der Waals surface area contributed by atoms with Crippen molar-refractivity contribution in [3.63, 3.8) is 0 Å². The molecule has 2 aromatic heterocycles. The van der Waals surface area contributed by atoms with E-state index in [0.717, 1.165) is 39.9 Å². The molecular formula is C19H19N3OS. The van der Waals surface area contributed by atoms with Gasteiger partial charge < -0.3 is 0 Å².